The van der Waals surface area contributed by atoms with E-state index in [0.29, 0.717) is 6.42 Å². The molecule has 20 heavy (non-hydrogen) atoms. The van der Waals surface area contributed by atoms with Gasteiger partial charge in [0.1, 0.15) is 0 Å². The maximum atomic E-state index is 11.8. The number of amides is 1. The quantitative estimate of drug-likeness (QED) is 0.857. The fourth-order valence-corrected chi connectivity index (χ4v) is 3.20. The van der Waals surface area contributed by atoms with Crippen LogP contribution in [-0.2, 0) is 4.79 Å². The van der Waals surface area contributed by atoms with E-state index < -0.39 is 0 Å². The summed E-state index contributed by atoms with van der Waals surface area (Å²) in [6.45, 7) is 0. The number of alkyl halides is 1. The van der Waals surface area contributed by atoms with Crippen LogP contribution >= 0.6 is 11.6 Å². The van der Waals surface area contributed by atoms with Gasteiger partial charge in [0.2, 0.25) is 5.91 Å². The third-order valence-corrected chi connectivity index (χ3v) is 4.35. The first-order valence-electron chi connectivity index (χ1n) is 6.79. The number of nitrogens with one attached hydrogen (secondary N) is 1. The molecule has 2 nitrogen and oxygen atoms in total. The molecule has 0 spiro atoms. The smallest absolute Gasteiger partial charge is 0.220 e. The second-order valence-electron chi connectivity index (χ2n) is 5.13. The van der Waals surface area contributed by atoms with Gasteiger partial charge >= 0.3 is 0 Å². The lowest BCUT2D eigenvalue weighted by Crippen LogP contribution is -2.32. The molecule has 1 N–H and O–H groups in total. The zero-order valence-corrected chi connectivity index (χ0v) is 11.8. The zero-order chi connectivity index (χ0) is 13.9. The van der Waals surface area contributed by atoms with Gasteiger partial charge in [-0.25, -0.2) is 0 Å². The third-order valence-electron chi connectivity index (χ3n) is 3.83. The molecule has 0 aromatic heterocycles. The van der Waals surface area contributed by atoms with Crippen LogP contribution in [0.4, 0.5) is 0 Å². The Kier molecular flexibility index (Phi) is 3.75. The normalized spacial score (nSPS) is 23.4. The van der Waals surface area contributed by atoms with Crippen LogP contribution in [0.5, 0.6) is 0 Å². The van der Waals surface area contributed by atoms with Gasteiger partial charge in [0.05, 0.1) is 11.4 Å². The van der Waals surface area contributed by atoms with Gasteiger partial charge in [-0.05, 0) is 11.1 Å². The second-order valence-corrected chi connectivity index (χ2v) is 5.60. The predicted molar refractivity (Wildman–Crippen MR) is 80.8 cm³/mol. The van der Waals surface area contributed by atoms with Gasteiger partial charge in [-0.3, -0.25) is 4.79 Å². The summed E-state index contributed by atoms with van der Waals surface area (Å²) in [7, 11) is 0. The van der Waals surface area contributed by atoms with Crippen molar-refractivity contribution < 1.29 is 4.79 Å². The third kappa shape index (κ3) is 2.56. The highest BCUT2D eigenvalue weighted by atomic mass is 35.5. The standard InChI is InChI=1S/C17H16ClNO/c18-16(13-9-5-2-6-10-13)17-14(11-15(20)19-17)12-7-3-1-4-8-12/h1-10,14,16-17H,11H2,(H,19,20)/t14-,16-,17-/m1/s1. The van der Waals surface area contributed by atoms with E-state index in [1.165, 1.54) is 0 Å². The van der Waals surface area contributed by atoms with Crippen LogP contribution in [0.1, 0.15) is 28.8 Å². The van der Waals surface area contributed by atoms with E-state index in [0.717, 1.165) is 11.1 Å². The minimum Gasteiger partial charge on any atom is -0.351 e. The summed E-state index contributed by atoms with van der Waals surface area (Å²) < 4.78 is 0. The molecule has 2 aromatic carbocycles. The molecule has 0 aliphatic carbocycles. The molecule has 3 heteroatoms. The van der Waals surface area contributed by atoms with Crippen LogP contribution < -0.4 is 5.32 Å². The molecular formula is C17H16ClNO. The molecule has 3 atom stereocenters. The molecule has 0 unspecified atom stereocenters. The molecule has 1 amide bonds. The van der Waals surface area contributed by atoms with E-state index in [4.69, 9.17) is 11.6 Å². The van der Waals surface area contributed by atoms with Crippen LogP contribution in [-0.4, -0.2) is 11.9 Å². The first-order chi connectivity index (χ1) is 9.75. The number of hydrogen-bond acceptors (Lipinski definition) is 1. The number of halogens is 1. The number of benzene rings is 2. The van der Waals surface area contributed by atoms with Crippen molar-refractivity contribution in [3.05, 3.63) is 71.8 Å². The fraction of sp³-hybridized carbons (Fsp3) is 0.235. The summed E-state index contributed by atoms with van der Waals surface area (Å²) in [5.74, 6) is 0.205. The van der Waals surface area contributed by atoms with Crippen LogP contribution in [0.25, 0.3) is 0 Å². The van der Waals surface area contributed by atoms with E-state index in [1.807, 2.05) is 48.5 Å². The number of carbonyl (C=O) groups is 1. The van der Waals surface area contributed by atoms with Crippen molar-refractivity contribution in [2.45, 2.75) is 23.8 Å². The molecule has 0 bridgehead atoms. The van der Waals surface area contributed by atoms with Gasteiger partial charge < -0.3 is 5.32 Å². The summed E-state index contributed by atoms with van der Waals surface area (Å²) in [5, 5.41) is 2.81. The number of hydrogen-bond donors (Lipinski definition) is 1. The van der Waals surface area contributed by atoms with Gasteiger partial charge in [0.25, 0.3) is 0 Å². The van der Waals surface area contributed by atoms with Crippen LogP contribution in [0.3, 0.4) is 0 Å². The van der Waals surface area contributed by atoms with Crippen LogP contribution in [0.2, 0.25) is 0 Å². The Bertz CT molecular complexity index is 584. The highest BCUT2D eigenvalue weighted by Gasteiger charge is 2.38. The second kappa shape index (κ2) is 5.68. The Morgan fingerprint density at radius 2 is 1.60 bits per heavy atom. The van der Waals surface area contributed by atoms with Crippen LogP contribution in [0.15, 0.2) is 60.7 Å². The number of rotatable bonds is 3. The summed E-state index contributed by atoms with van der Waals surface area (Å²) in [4.78, 5) is 11.8. The van der Waals surface area contributed by atoms with Gasteiger partial charge in [-0.1, -0.05) is 60.7 Å². The Balaban J connectivity index is 1.89. The average molecular weight is 286 g/mol. The van der Waals surface area contributed by atoms with Crippen molar-refractivity contribution in [1.29, 1.82) is 0 Å². The van der Waals surface area contributed by atoms with Crippen molar-refractivity contribution in [1.82, 2.24) is 5.32 Å². The van der Waals surface area contributed by atoms with Gasteiger partial charge in [-0.2, -0.15) is 0 Å². The van der Waals surface area contributed by atoms with Gasteiger partial charge in [0.15, 0.2) is 0 Å². The summed E-state index contributed by atoms with van der Waals surface area (Å²) in [6.07, 6.45) is 0.505. The molecule has 1 saturated heterocycles. The molecule has 1 aliphatic heterocycles. The van der Waals surface area contributed by atoms with Crippen molar-refractivity contribution in [2.24, 2.45) is 0 Å². The SMILES string of the molecule is O=C1C[C@H](c2ccccc2)[C@H]([C@H](Cl)c2ccccc2)N1. The first-order valence-corrected chi connectivity index (χ1v) is 7.22. The molecule has 102 valence electrons. The molecular weight excluding hydrogens is 270 g/mol. The zero-order valence-electron chi connectivity index (χ0n) is 11.0. The molecule has 1 heterocycles. The average Bonchev–Trinajstić information content (AvgIpc) is 2.90. The molecule has 0 radical (unpaired) electrons. The summed E-state index contributed by atoms with van der Waals surface area (Å²) in [5.41, 5.74) is 2.21. The van der Waals surface area contributed by atoms with Crippen molar-refractivity contribution in [3.8, 4) is 0 Å². The van der Waals surface area contributed by atoms with E-state index in [2.05, 4.69) is 17.4 Å². The molecule has 2 aromatic rings. The monoisotopic (exact) mass is 285 g/mol. The van der Waals surface area contributed by atoms with Crippen molar-refractivity contribution in [2.75, 3.05) is 0 Å². The molecule has 3 rings (SSSR count). The highest BCUT2D eigenvalue weighted by Crippen LogP contribution is 2.38. The van der Waals surface area contributed by atoms with Gasteiger partial charge in [0, 0.05) is 12.3 Å². The largest absolute Gasteiger partial charge is 0.351 e. The molecule has 1 fully saturated rings. The maximum Gasteiger partial charge on any atom is 0.220 e. The van der Waals surface area contributed by atoms with E-state index >= 15 is 0 Å². The van der Waals surface area contributed by atoms with Crippen molar-refractivity contribution >= 4 is 17.5 Å². The van der Waals surface area contributed by atoms with E-state index in [-0.39, 0.29) is 23.2 Å². The summed E-state index contributed by atoms with van der Waals surface area (Å²) in [6, 6.07) is 20.0. The predicted octanol–water partition coefficient (Wildman–Crippen LogP) is 3.64. The first kappa shape index (κ1) is 13.2. The van der Waals surface area contributed by atoms with E-state index in [1.54, 1.807) is 0 Å². The Morgan fingerprint density at radius 3 is 2.25 bits per heavy atom. The minimum absolute atomic E-state index is 0.0611. The van der Waals surface area contributed by atoms with Crippen LogP contribution in [0, 0.1) is 0 Å². The molecule has 1 aliphatic rings. The lowest BCUT2D eigenvalue weighted by molar-refractivity contribution is -0.119. The number of carbonyl (C=O) groups excluding carboxylic acids is 1. The maximum absolute atomic E-state index is 11.8. The molecule has 0 saturated carbocycles. The minimum atomic E-state index is -0.215. The van der Waals surface area contributed by atoms with E-state index in [9.17, 15) is 4.79 Å². The Labute approximate surface area is 123 Å². The summed E-state index contributed by atoms with van der Waals surface area (Å²) >= 11 is 6.61. The topological polar surface area (TPSA) is 29.1 Å². The van der Waals surface area contributed by atoms with Crippen molar-refractivity contribution in [3.63, 3.8) is 0 Å². The lowest BCUT2D eigenvalue weighted by atomic mass is 9.88. The lowest BCUT2D eigenvalue weighted by Gasteiger charge is -2.24. The Hall–Kier alpha value is -1.80. The Morgan fingerprint density at radius 1 is 1.00 bits per heavy atom. The van der Waals surface area contributed by atoms with Gasteiger partial charge in [-0.15, -0.1) is 11.6 Å². The fourth-order valence-electron chi connectivity index (χ4n) is 2.82. The highest BCUT2D eigenvalue weighted by molar-refractivity contribution is 6.21.